The molecule has 1 atom stereocenters. The van der Waals surface area contributed by atoms with Crippen LogP contribution in [0.15, 0.2) is 18.2 Å². The molecule has 0 aliphatic rings. The Morgan fingerprint density at radius 3 is 2.76 bits per heavy atom. The fraction of sp³-hybridized carbons (Fsp3) is 0.571. The van der Waals surface area contributed by atoms with E-state index in [4.69, 9.17) is 9.84 Å². The Kier molecular flexibility index (Phi) is 6.19. The van der Waals surface area contributed by atoms with Gasteiger partial charge in [-0.05, 0) is 37.5 Å². The van der Waals surface area contributed by atoms with Gasteiger partial charge in [-0.2, -0.15) is 0 Å². The number of aliphatic hydroxyl groups is 1. The van der Waals surface area contributed by atoms with Crippen molar-refractivity contribution in [3.8, 4) is 0 Å². The number of aliphatic hydroxyl groups excluding tert-OH is 1. The molecule has 1 aromatic carbocycles. The second kappa shape index (κ2) is 7.43. The van der Waals surface area contributed by atoms with E-state index in [1.807, 2.05) is 0 Å². The van der Waals surface area contributed by atoms with Crippen molar-refractivity contribution in [1.29, 1.82) is 0 Å². The van der Waals surface area contributed by atoms with Crippen molar-refractivity contribution in [2.24, 2.45) is 0 Å². The van der Waals surface area contributed by atoms with Gasteiger partial charge in [-0.1, -0.05) is 18.2 Å². The molecule has 0 radical (unpaired) electrons. The topological polar surface area (TPSA) is 41.5 Å². The van der Waals surface area contributed by atoms with Gasteiger partial charge in [0.05, 0.1) is 19.8 Å². The monoisotopic (exact) mass is 237 g/mol. The van der Waals surface area contributed by atoms with Crippen molar-refractivity contribution in [3.05, 3.63) is 34.9 Å². The first-order valence-corrected chi connectivity index (χ1v) is 6.15. The highest BCUT2D eigenvalue weighted by Gasteiger charge is 2.08. The second-order valence-corrected chi connectivity index (χ2v) is 4.30. The van der Waals surface area contributed by atoms with Crippen molar-refractivity contribution in [2.75, 3.05) is 26.4 Å². The van der Waals surface area contributed by atoms with Crippen molar-refractivity contribution < 1.29 is 9.84 Å². The summed E-state index contributed by atoms with van der Waals surface area (Å²) in [5.74, 6) is 0. The van der Waals surface area contributed by atoms with Crippen LogP contribution < -0.4 is 5.32 Å². The molecule has 1 unspecified atom stereocenters. The van der Waals surface area contributed by atoms with E-state index in [0.29, 0.717) is 19.3 Å². The minimum Gasteiger partial charge on any atom is -0.394 e. The van der Waals surface area contributed by atoms with E-state index in [1.54, 1.807) is 0 Å². The molecule has 1 rings (SSSR count). The van der Waals surface area contributed by atoms with Crippen LogP contribution in [0.4, 0.5) is 0 Å². The molecular weight excluding hydrogens is 214 g/mol. The summed E-state index contributed by atoms with van der Waals surface area (Å²) >= 11 is 0. The summed E-state index contributed by atoms with van der Waals surface area (Å²) < 4.78 is 5.21. The lowest BCUT2D eigenvalue weighted by Gasteiger charge is -2.17. The van der Waals surface area contributed by atoms with Crippen LogP contribution >= 0.6 is 0 Å². The van der Waals surface area contributed by atoms with Crippen molar-refractivity contribution in [3.63, 3.8) is 0 Å². The number of ether oxygens (including phenoxy) is 1. The highest BCUT2D eigenvalue weighted by atomic mass is 16.5. The SMILES string of the molecule is Cc1cccc(C(C)NCCOCCO)c1C. The van der Waals surface area contributed by atoms with Crippen LogP contribution in [0, 0.1) is 13.8 Å². The first kappa shape index (κ1) is 14.2. The third kappa shape index (κ3) is 4.46. The van der Waals surface area contributed by atoms with Crippen molar-refractivity contribution >= 4 is 0 Å². The molecule has 0 bridgehead atoms. The largest absolute Gasteiger partial charge is 0.394 e. The van der Waals surface area contributed by atoms with Crippen LogP contribution in [0.1, 0.15) is 29.7 Å². The zero-order valence-electron chi connectivity index (χ0n) is 11.0. The number of rotatable bonds is 7. The van der Waals surface area contributed by atoms with E-state index < -0.39 is 0 Å². The highest BCUT2D eigenvalue weighted by Crippen LogP contribution is 2.19. The molecule has 0 spiro atoms. The van der Waals surface area contributed by atoms with E-state index in [-0.39, 0.29) is 6.61 Å². The smallest absolute Gasteiger partial charge is 0.0698 e. The molecule has 0 aliphatic heterocycles. The van der Waals surface area contributed by atoms with Crippen molar-refractivity contribution in [2.45, 2.75) is 26.8 Å². The Morgan fingerprint density at radius 1 is 1.29 bits per heavy atom. The molecule has 0 aliphatic carbocycles. The quantitative estimate of drug-likeness (QED) is 0.712. The molecule has 17 heavy (non-hydrogen) atoms. The van der Waals surface area contributed by atoms with Gasteiger partial charge in [0.1, 0.15) is 0 Å². The molecule has 3 nitrogen and oxygen atoms in total. The van der Waals surface area contributed by atoms with Crippen LogP contribution in [0.2, 0.25) is 0 Å². The van der Waals surface area contributed by atoms with Gasteiger partial charge < -0.3 is 15.2 Å². The van der Waals surface area contributed by atoms with Crippen LogP contribution in [0.3, 0.4) is 0 Å². The highest BCUT2D eigenvalue weighted by molar-refractivity contribution is 5.34. The van der Waals surface area contributed by atoms with E-state index >= 15 is 0 Å². The third-order valence-corrected chi connectivity index (χ3v) is 3.05. The Morgan fingerprint density at radius 2 is 2.06 bits per heavy atom. The number of aryl methyl sites for hydroxylation is 1. The van der Waals surface area contributed by atoms with Gasteiger partial charge in [-0.25, -0.2) is 0 Å². The first-order chi connectivity index (χ1) is 8.16. The van der Waals surface area contributed by atoms with Gasteiger partial charge in [0, 0.05) is 12.6 Å². The average molecular weight is 237 g/mol. The molecule has 0 saturated carbocycles. The molecule has 96 valence electrons. The lowest BCUT2D eigenvalue weighted by Crippen LogP contribution is -2.24. The average Bonchev–Trinajstić information content (AvgIpc) is 2.32. The zero-order chi connectivity index (χ0) is 12.7. The number of hydrogen-bond donors (Lipinski definition) is 2. The molecule has 0 amide bonds. The lowest BCUT2D eigenvalue weighted by molar-refractivity contribution is 0.0928. The first-order valence-electron chi connectivity index (χ1n) is 6.15. The van der Waals surface area contributed by atoms with Crippen molar-refractivity contribution in [1.82, 2.24) is 5.32 Å². The summed E-state index contributed by atoms with van der Waals surface area (Å²) in [6.07, 6.45) is 0. The molecule has 3 heteroatoms. The minimum absolute atomic E-state index is 0.0898. The molecule has 1 aromatic rings. The third-order valence-electron chi connectivity index (χ3n) is 3.05. The molecule has 0 aromatic heterocycles. The minimum atomic E-state index is 0.0898. The molecule has 0 saturated heterocycles. The summed E-state index contributed by atoms with van der Waals surface area (Å²) in [7, 11) is 0. The van der Waals surface area contributed by atoms with Crippen LogP contribution in [0.5, 0.6) is 0 Å². The predicted octanol–water partition coefficient (Wildman–Crippen LogP) is 1.96. The Labute approximate surface area is 104 Å². The maximum atomic E-state index is 8.57. The summed E-state index contributed by atoms with van der Waals surface area (Å²) in [6, 6.07) is 6.72. The zero-order valence-corrected chi connectivity index (χ0v) is 11.0. The Hall–Kier alpha value is -0.900. The van der Waals surface area contributed by atoms with E-state index in [1.165, 1.54) is 16.7 Å². The van der Waals surface area contributed by atoms with E-state index in [9.17, 15) is 0 Å². The van der Waals surface area contributed by atoms with Gasteiger partial charge >= 0.3 is 0 Å². The number of benzene rings is 1. The Balaban J connectivity index is 2.41. The maximum absolute atomic E-state index is 8.57. The summed E-state index contributed by atoms with van der Waals surface area (Å²) in [6.45, 7) is 8.39. The van der Waals surface area contributed by atoms with Gasteiger partial charge in [0.15, 0.2) is 0 Å². The second-order valence-electron chi connectivity index (χ2n) is 4.30. The maximum Gasteiger partial charge on any atom is 0.0698 e. The van der Waals surface area contributed by atoms with Crippen LogP contribution in [-0.2, 0) is 4.74 Å². The Bertz CT molecular complexity index is 339. The predicted molar refractivity (Wildman–Crippen MR) is 70.2 cm³/mol. The van der Waals surface area contributed by atoms with Gasteiger partial charge in [0.25, 0.3) is 0 Å². The molecule has 2 N–H and O–H groups in total. The summed E-state index contributed by atoms with van der Waals surface area (Å²) in [5, 5.41) is 12.0. The normalized spacial score (nSPS) is 12.7. The lowest BCUT2D eigenvalue weighted by atomic mass is 9.98. The number of hydrogen-bond acceptors (Lipinski definition) is 3. The van der Waals surface area contributed by atoms with Gasteiger partial charge in [-0.3, -0.25) is 0 Å². The van der Waals surface area contributed by atoms with Crippen LogP contribution in [0.25, 0.3) is 0 Å². The van der Waals surface area contributed by atoms with Crippen LogP contribution in [-0.4, -0.2) is 31.5 Å². The molecular formula is C14H23NO2. The standard InChI is InChI=1S/C14H23NO2/c1-11-5-4-6-14(12(11)2)13(3)15-7-9-17-10-8-16/h4-6,13,15-16H,7-10H2,1-3H3. The van der Waals surface area contributed by atoms with Gasteiger partial charge in [0.2, 0.25) is 0 Å². The van der Waals surface area contributed by atoms with Gasteiger partial charge in [-0.15, -0.1) is 0 Å². The van der Waals surface area contributed by atoms with E-state index in [2.05, 4.69) is 44.3 Å². The fourth-order valence-electron chi connectivity index (χ4n) is 1.87. The molecule has 0 fully saturated rings. The summed E-state index contributed by atoms with van der Waals surface area (Å²) in [4.78, 5) is 0. The van der Waals surface area contributed by atoms with E-state index in [0.717, 1.165) is 6.54 Å². The molecule has 0 heterocycles. The summed E-state index contributed by atoms with van der Waals surface area (Å²) in [5.41, 5.74) is 4.02. The number of nitrogens with one attached hydrogen (secondary N) is 1. The fourth-order valence-corrected chi connectivity index (χ4v) is 1.87.